The number of aromatic nitrogens is 3. The number of nitrogen functional groups attached to an aromatic ring is 1. The predicted molar refractivity (Wildman–Crippen MR) is 89.9 cm³/mol. The van der Waals surface area contributed by atoms with Crippen molar-refractivity contribution in [2.75, 3.05) is 12.3 Å². The van der Waals surface area contributed by atoms with Gasteiger partial charge in [0.05, 0.1) is 13.2 Å². The number of nitrogens with zero attached hydrogens (tertiary/aromatic N) is 3. The Bertz CT molecular complexity index is 1020. The highest BCUT2D eigenvalue weighted by Crippen LogP contribution is 2.16. The van der Waals surface area contributed by atoms with Gasteiger partial charge in [0.1, 0.15) is 10.9 Å². The van der Waals surface area contributed by atoms with Crippen molar-refractivity contribution in [2.24, 2.45) is 0 Å². The first-order valence-corrected chi connectivity index (χ1v) is 7.80. The minimum absolute atomic E-state index is 0.178. The molecule has 0 aliphatic heterocycles. The Morgan fingerprint density at radius 2 is 2.17 bits per heavy atom. The summed E-state index contributed by atoms with van der Waals surface area (Å²) >= 11 is 0. The molecule has 0 saturated carbocycles. The van der Waals surface area contributed by atoms with E-state index in [9.17, 15) is 9.59 Å². The van der Waals surface area contributed by atoms with Crippen LogP contribution >= 0.6 is 0 Å². The summed E-state index contributed by atoms with van der Waals surface area (Å²) < 4.78 is 8.18. The second-order valence-corrected chi connectivity index (χ2v) is 5.45. The number of rotatable bonds is 3. The Hall–Kier alpha value is -2.96. The third kappa shape index (κ3) is 2.29. The highest BCUT2D eigenvalue weighted by molar-refractivity contribution is 5.96. The fraction of sp³-hybridized carbons (Fsp3) is 0.294. The van der Waals surface area contributed by atoms with Crippen LogP contribution in [0.1, 0.15) is 29.8 Å². The number of fused-ring (bicyclic) bond motifs is 2. The van der Waals surface area contributed by atoms with E-state index < -0.39 is 5.97 Å². The first kappa shape index (κ1) is 15.9. The predicted octanol–water partition coefficient (Wildman–Crippen LogP) is 1.22. The molecule has 24 heavy (non-hydrogen) atoms. The zero-order valence-electron chi connectivity index (χ0n) is 13.9. The standard InChI is InChI=1S/C17H18N4O3/c1-4-20-13(18)11(17(23)24-5-2)9-12-15(20)19-14-10(3)7-6-8-21(14)16(12)22/h6-9,18H,4-5H2,1-3H3/p+1. The van der Waals surface area contributed by atoms with Gasteiger partial charge in [0, 0.05) is 11.8 Å². The highest BCUT2D eigenvalue weighted by atomic mass is 16.5. The van der Waals surface area contributed by atoms with E-state index in [0.29, 0.717) is 23.2 Å². The maximum Gasteiger partial charge on any atom is 0.344 e. The number of ether oxygens (including phenoxy) is 1. The average molecular weight is 327 g/mol. The number of aryl methyl sites for hydroxylation is 2. The summed E-state index contributed by atoms with van der Waals surface area (Å²) in [4.78, 5) is 29.6. The van der Waals surface area contributed by atoms with E-state index in [-0.39, 0.29) is 23.5 Å². The van der Waals surface area contributed by atoms with Crippen LogP contribution in [0.2, 0.25) is 0 Å². The number of anilines is 1. The maximum atomic E-state index is 12.9. The van der Waals surface area contributed by atoms with Gasteiger partial charge in [0.25, 0.3) is 11.2 Å². The third-order valence-corrected chi connectivity index (χ3v) is 3.99. The summed E-state index contributed by atoms with van der Waals surface area (Å²) in [6.45, 7) is 6.20. The Balaban J connectivity index is 2.48. The van der Waals surface area contributed by atoms with Crippen molar-refractivity contribution in [3.8, 4) is 0 Å². The minimum atomic E-state index is -0.548. The quantitative estimate of drug-likeness (QED) is 0.444. The van der Waals surface area contributed by atoms with Gasteiger partial charge in [-0.15, -0.1) is 0 Å². The molecule has 3 heterocycles. The van der Waals surface area contributed by atoms with Crippen LogP contribution in [-0.2, 0) is 11.3 Å². The summed E-state index contributed by atoms with van der Waals surface area (Å²) in [6, 6.07) is 5.15. The average Bonchev–Trinajstić information content (AvgIpc) is 2.56. The minimum Gasteiger partial charge on any atom is -0.462 e. The summed E-state index contributed by atoms with van der Waals surface area (Å²) in [5.74, 6) is -0.305. The molecule has 0 unspecified atom stereocenters. The van der Waals surface area contributed by atoms with Gasteiger partial charge in [-0.25, -0.2) is 9.36 Å². The van der Waals surface area contributed by atoms with Gasteiger partial charge in [0.15, 0.2) is 0 Å². The molecule has 124 valence electrons. The molecule has 0 spiro atoms. The lowest BCUT2D eigenvalue weighted by Gasteiger charge is -2.10. The van der Waals surface area contributed by atoms with Gasteiger partial charge >= 0.3 is 5.97 Å². The van der Waals surface area contributed by atoms with Crippen LogP contribution in [0.5, 0.6) is 0 Å². The van der Waals surface area contributed by atoms with Crippen molar-refractivity contribution in [1.82, 2.24) is 9.38 Å². The van der Waals surface area contributed by atoms with Gasteiger partial charge in [-0.2, -0.15) is 0 Å². The molecule has 0 aliphatic carbocycles. The van der Waals surface area contributed by atoms with Gasteiger partial charge in [-0.1, -0.05) is 11.1 Å². The maximum absolute atomic E-state index is 12.9. The normalized spacial score (nSPS) is 11.1. The van der Waals surface area contributed by atoms with Crippen LogP contribution in [0, 0.1) is 6.92 Å². The molecule has 0 aliphatic rings. The second kappa shape index (κ2) is 5.92. The number of nitrogens with two attached hydrogens (primary N) is 1. The van der Waals surface area contributed by atoms with E-state index in [1.54, 1.807) is 23.8 Å². The van der Waals surface area contributed by atoms with Crippen molar-refractivity contribution in [3.63, 3.8) is 0 Å². The van der Waals surface area contributed by atoms with E-state index in [0.717, 1.165) is 5.56 Å². The summed E-state index contributed by atoms with van der Waals surface area (Å²) in [6.07, 6.45) is 1.66. The molecule has 7 heteroatoms. The Morgan fingerprint density at radius 1 is 1.42 bits per heavy atom. The van der Waals surface area contributed by atoms with Gasteiger partial charge in [-0.3, -0.25) is 9.20 Å². The van der Waals surface area contributed by atoms with E-state index in [4.69, 9.17) is 10.5 Å². The molecule has 0 bridgehead atoms. The third-order valence-electron chi connectivity index (χ3n) is 3.99. The van der Waals surface area contributed by atoms with Gasteiger partial charge in [0.2, 0.25) is 11.5 Å². The van der Waals surface area contributed by atoms with Crippen molar-refractivity contribution >= 4 is 28.5 Å². The van der Waals surface area contributed by atoms with Crippen LogP contribution in [0.15, 0.2) is 29.2 Å². The molecule has 3 aromatic heterocycles. The first-order chi connectivity index (χ1) is 11.5. The number of hydrogen-bond acceptors (Lipinski definition) is 5. The lowest BCUT2D eigenvalue weighted by Crippen LogP contribution is -2.41. The van der Waals surface area contributed by atoms with Crippen LogP contribution in [0.3, 0.4) is 0 Å². The molecule has 0 fully saturated rings. The number of carbonyl (C=O) groups excluding carboxylic acids is 1. The molecular formula is C17H19N4O3+. The van der Waals surface area contributed by atoms with Crippen molar-refractivity contribution in [2.45, 2.75) is 27.3 Å². The van der Waals surface area contributed by atoms with Gasteiger partial charge in [-0.05, 0) is 32.9 Å². The second-order valence-electron chi connectivity index (χ2n) is 5.45. The number of esters is 1. The topological polar surface area (TPSA) is 90.6 Å². The van der Waals surface area contributed by atoms with E-state index in [1.807, 2.05) is 19.9 Å². The van der Waals surface area contributed by atoms with Crippen LogP contribution in [-0.4, -0.2) is 22.0 Å². The zero-order chi connectivity index (χ0) is 17.4. The molecule has 3 rings (SSSR count). The molecule has 0 amide bonds. The Kier molecular flexibility index (Phi) is 3.92. The SMILES string of the molecule is CCOC(=O)c1cc2c(=O)n3cccc(C)c3nc2[n+](CC)c1N. The molecule has 0 saturated heterocycles. The largest absolute Gasteiger partial charge is 0.462 e. The molecule has 0 aromatic carbocycles. The summed E-state index contributed by atoms with van der Waals surface area (Å²) in [5, 5.41) is 0.331. The van der Waals surface area contributed by atoms with Crippen LogP contribution in [0.25, 0.3) is 16.7 Å². The zero-order valence-corrected chi connectivity index (χ0v) is 13.9. The molecule has 0 radical (unpaired) electrons. The first-order valence-electron chi connectivity index (χ1n) is 7.80. The van der Waals surface area contributed by atoms with Crippen molar-refractivity contribution in [3.05, 3.63) is 45.9 Å². The highest BCUT2D eigenvalue weighted by Gasteiger charge is 2.24. The molecule has 7 nitrogen and oxygen atoms in total. The summed E-state index contributed by atoms with van der Waals surface area (Å²) in [7, 11) is 0. The van der Waals surface area contributed by atoms with Crippen LogP contribution < -0.4 is 15.9 Å². The summed E-state index contributed by atoms with van der Waals surface area (Å²) in [5.41, 5.74) is 7.98. The number of carbonyl (C=O) groups is 1. The van der Waals surface area contributed by atoms with Crippen LogP contribution in [0.4, 0.5) is 5.82 Å². The Labute approximate surface area is 138 Å². The smallest absolute Gasteiger partial charge is 0.344 e. The molecule has 3 aromatic rings. The molecule has 0 atom stereocenters. The van der Waals surface area contributed by atoms with Crippen molar-refractivity contribution < 1.29 is 14.1 Å². The monoisotopic (exact) mass is 327 g/mol. The van der Waals surface area contributed by atoms with E-state index >= 15 is 0 Å². The molecular weight excluding hydrogens is 308 g/mol. The molecule has 2 N–H and O–H groups in total. The fourth-order valence-corrected chi connectivity index (χ4v) is 2.80. The lowest BCUT2D eigenvalue weighted by atomic mass is 10.2. The van der Waals surface area contributed by atoms with E-state index in [1.165, 1.54) is 10.5 Å². The van der Waals surface area contributed by atoms with Gasteiger partial charge < -0.3 is 10.5 Å². The number of pyridine rings is 2. The number of hydrogen-bond donors (Lipinski definition) is 1. The lowest BCUT2D eigenvalue weighted by molar-refractivity contribution is -0.655. The van der Waals surface area contributed by atoms with Crippen molar-refractivity contribution in [1.29, 1.82) is 0 Å². The Morgan fingerprint density at radius 3 is 2.83 bits per heavy atom. The fourth-order valence-electron chi connectivity index (χ4n) is 2.80. The van der Waals surface area contributed by atoms with E-state index in [2.05, 4.69) is 4.98 Å².